The van der Waals surface area contributed by atoms with Crippen LogP contribution in [-0.2, 0) is 20.9 Å². The maximum Gasteiger partial charge on any atom is 0.246 e. The molecule has 130 valence electrons. The summed E-state index contributed by atoms with van der Waals surface area (Å²) in [6, 6.07) is 6.03. The molecule has 2 saturated heterocycles. The molecule has 3 rings (SSSR count). The second kappa shape index (κ2) is 6.72. The molecule has 1 N–H and O–H groups in total. The van der Waals surface area contributed by atoms with Gasteiger partial charge in [-0.1, -0.05) is 18.2 Å². The van der Waals surface area contributed by atoms with Crippen LogP contribution in [-0.4, -0.2) is 52.4 Å². The molecule has 2 heterocycles. The molecule has 0 bridgehead atoms. The van der Waals surface area contributed by atoms with Crippen molar-refractivity contribution in [3.05, 3.63) is 35.6 Å². The topological polar surface area (TPSA) is 58.6 Å². The number of ether oxygens (including phenoxy) is 1. The van der Waals surface area contributed by atoms with E-state index in [1.54, 1.807) is 23.1 Å². The largest absolute Gasteiger partial charge is 0.370 e. The first kappa shape index (κ1) is 17.2. The van der Waals surface area contributed by atoms with E-state index >= 15 is 0 Å². The molecular weight excluding hydrogens is 331 g/mol. The van der Waals surface area contributed by atoms with Crippen LogP contribution in [0.25, 0.3) is 0 Å². The minimum absolute atomic E-state index is 0.0721. The first-order valence-electron chi connectivity index (χ1n) is 7.95. The van der Waals surface area contributed by atoms with Crippen LogP contribution in [0.4, 0.5) is 4.39 Å². The molecule has 1 aromatic rings. The fourth-order valence-electron chi connectivity index (χ4n) is 2.63. The molecular formula is C17H21FN2O3S. The van der Waals surface area contributed by atoms with Crippen LogP contribution in [0.1, 0.15) is 19.4 Å². The third-order valence-corrected chi connectivity index (χ3v) is 5.76. The molecule has 0 spiro atoms. The lowest BCUT2D eigenvalue weighted by molar-refractivity contribution is -0.149. The zero-order chi connectivity index (χ0) is 17.3. The quantitative estimate of drug-likeness (QED) is 0.894. The zero-order valence-electron chi connectivity index (χ0n) is 13.8. The van der Waals surface area contributed by atoms with Crippen LogP contribution >= 0.6 is 11.8 Å². The maximum atomic E-state index is 13.5. The molecule has 0 saturated carbocycles. The number of rotatable bonds is 4. The van der Waals surface area contributed by atoms with Gasteiger partial charge in [0.05, 0.1) is 17.5 Å². The molecule has 5 nitrogen and oxygen atoms in total. The smallest absolute Gasteiger partial charge is 0.246 e. The Morgan fingerprint density at radius 1 is 1.42 bits per heavy atom. The van der Waals surface area contributed by atoms with Crippen molar-refractivity contribution in [2.45, 2.75) is 37.3 Å². The van der Waals surface area contributed by atoms with Crippen LogP contribution in [0.3, 0.4) is 0 Å². The van der Waals surface area contributed by atoms with Crippen molar-refractivity contribution < 1.29 is 18.7 Å². The molecule has 7 heteroatoms. The van der Waals surface area contributed by atoms with E-state index in [2.05, 4.69) is 5.32 Å². The molecule has 0 aliphatic carbocycles. The minimum atomic E-state index is -0.489. The lowest BCUT2D eigenvalue weighted by Crippen LogP contribution is -2.63. The molecule has 0 radical (unpaired) electrons. The Hall–Kier alpha value is -1.60. The average Bonchev–Trinajstić information content (AvgIpc) is 2.50. The van der Waals surface area contributed by atoms with E-state index in [1.807, 2.05) is 13.8 Å². The summed E-state index contributed by atoms with van der Waals surface area (Å²) in [6.45, 7) is 4.86. The van der Waals surface area contributed by atoms with Crippen molar-refractivity contribution in [2.75, 3.05) is 18.8 Å². The van der Waals surface area contributed by atoms with Crippen LogP contribution in [0.2, 0.25) is 0 Å². The summed E-state index contributed by atoms with van der Waals surface area (Å²) in [6.07, 6.45) is -0.0862. The van der Waals surface area contributed by atoms with Crippen molar-refractivity contribution in [1.82, 2.24) is 10.2 Å². The van der Waals surface area contributed by atoms with Gasteiger partial charge in [0.25, 0.3) is 0 Å². The number of halogens is 1. The third kappa shape index (κ3) is 3.57. The van der Waals surface area contributed by atoms with Gasteiger partial charge in [0.2, 0.25) is 11.8 Å². The van der Waals surface area contributed by atoms with Gasteiger partial charge in [-0.3, -0.25) is 9.59 Å². The summed E-state index contributed by atoms with van der Waals surface area (Å²) >= 11 is 1.49. The highest BCUT2D eigenvalue weighted by Crippen LogP contribution is 2.30. The average molecular weight is 352 g/mol. The number of likely N-dealkylation sites (tertiary alicyclic amines) is 1. The van der Waals surface area contributed by atoms with E-state index < -0.39 is 10.8 Å². The second-order valence-corrected chi connectivity index (χ2v) is 8.26. The Balaban J connectivity index is 1.44. The monoisotopic (exact) mass is 352 g/mol. The molecule has 2 aliphatic rings. The van der Waals surface area contributed by atoms with Crippen LogP contribution in [0.15, 0.2) is 24.3 Å². The third-order valence-electron chi connectivity index (χ3n) is 4.35. The maximum absolute atomic E-state index is 13.5. The zero-order valence-corrected chi connectivity index (χ0v) is 14.6. The van der Waals surface area contributed by atoms with Gasteiger partial charge in [0, 0.05) is 24.4 Å². The Bertz CT molecular complexity index is 646. The van der Waals surface area contributed by atoms with Crippen molar-refractivity contribution in [3.63, 3.8) is 0 Å². The van der Waals surface area contributed by atoms with E-state index in [-0.39, 0.29) is 30.3 Å². The van der Waals surface area contributed by atoms with Crippen molar-refractivity contribution in [2.24, 2.45) is 0 Å². The van der Waals surface area contributed by atoms with E-state index in [9.17, 15) is 14.0 Å². The van der Waals surface area contributed by atoms with Crippen molar-refractivity contribution >= 4 is 23.6 Å². The van der Waals surface area contributed by atoms with Gasteiger partial charge in [-0.2, -0.15) is 0 Å². The number of hydrogen-bond acceptors (Lipinski definition) is 4. The molecule has 1 aromatic carbocycles. The molecule has 2 fully saturated rings. The summed E-state index contributed by atoms with van der Waals surface area (Å²) in [4.78, 5) is 26.0. The van der Waals surface area contributed by atoms with Crippen LogP contribution < -0.4 is 5.32 Å². The molecule has 1 atom stereocenters. The Labute approximate surface area is 144 Å². The van der Waals surface area contributed by atoms with Gasteiger partial charge >= 0.3 is 0 Å². The fraction of sp³-hybridized carbons (Fsp3) is 0.529. The highest BCUT2D eigenvalue weighted by Gasteiger charge is 2.41. The molecule has 24 heavy (non-hydrogen) atoms. The summed E-state index contributed by atoms with van der Waals surface area (Å²) in [7, 11) is 0. The molecule has 2 amide bonds. The number of hydrogen-bond donors (Lipinski definition) is 1. The molecule has 2 aliphatic heterocycles. The van der Waals surface area contributed by atoms with E-state index in [1.165, 1.54) is 17.8 Å². The number of amides is 2. The second-order valence-electron chi connectivity index (χ2n) is 6.62. The van der Waals surface area contributed by atoms with Gasteiger partial charge in [-0.15, -0.1) is 11.8 Å². The predicted molar refractivity (Wildman–Crippen MR) is 90.0 cm³/mol. The number of benzene rings is 1. The van der Waals surface area contributed by atoms with Crippen LogP contribution in [0.5, 0.6) is 0 Å². The Morgan fingerprint density at radius 3 is 2.79 bits per heavy atom. The van der Waals surface area contributed by atoms with Crippen LogP contribution in [0, 0.1) is 5.82 Å². The van der Waals surface area contributed by atoms with Gasteiger partial charge in [-0.05, 0) is 19.9 Å². The first-order chi connectivity index (χ1) is 11.4. The van der Waals surface area contributed by atoms with Gasteiger partial charge < -0.3 is 15.0 Å². The Morgan fingerprint density at radius 2 is 2.12 bits per heavy atom. The predicted octanol–water partition coefficient (Wildman–Crippen LogP) is 1.56. The normalized spacial score (nSPS) is 23.5. The van der Waals surface area contributed by atoms with Crippen molar-refractivity contribution in [3.8, 4) is 0 Å². The lowest BCUT2D eigenvalue weighted by atomic mass is 10.1. The lowest BCUT2D eigenvalue weighted by Gasteiger charge is -2.42. The number of carbonyl (C=O) groups is 2. The molecule has 0 unspecified atom stereocenters. The summed E-state index contributed by atoms with van der Waals surface area (Å²) < 4.78 is 18.7. The minimum Gasteiger partial charge on any atom is -0.370 e. The number of nitrogens with zero attached hydrogens (tertiary/aromatic N) is 1. The SMILES string of the molecule is CC1(C)SC[C@@H](C(=O)N2CC(OCc3ccccc3F)C2)NC1=O. The summed E-state index contributed by atoms with van der Waals surface area (Å²) in [5.41, 5.74) is 0.514. The summed E-state index contributed by atoms with van der Waals surface area (Å²) in [5, 5.41) is 2.79. The summed E-state index contributed by atoms with van der Waals surface area (Å²) in [5.74, 6) is 0.117. The number of nitrogens with one attached hydrogen (secondary N) is 1. The Kier molecular flexibility index (Phi) is 4.83. The standard InChI is InChI=1S/C17H21FN2O3S/c1-17(2)16(22)19-14(10-24-17)15(21)20-7-12(8-20)23-9-11-5-3-4-6-13(11)18/h3-6,12,14H,7-10H2,1-2H3,(H,19,22)/t14-/m0/s1. The number of carbonyl (C=O) groups excluding carboxylic acids is 2. The highest BCUT2D eigenvalue weighted by molar-refractivity contribution is 8.01. The van der Waals surface area contributed by atoms with Crippen molar-refractivity contribution in [1.29, 1.82) is 0 Å². The van der Waals surface area contributed by atoms with E-state index in [0.29, 0.717) is 24.4 Å². The van der Waals surface area contributed by atoms with Gasteiger partial charge in [0.15, 0.2) is 0 Å². The van der Waals surface area contributed by atoms with Gasteiger partial charge in [0.1, 0.15) is 11.9 Å². The fourth-order valence-corrected chi connectivity index (χ4v) is 3.63. The van der Waals surface area contributed by atoms with E-state index in [0.717, 1.165) is 0 Å². The van der Waals surface area contributed by atoms with Gasteiger partial charge in [-0.25, -0.2) is 4.39 Å². The molecule has 0 aromatic heterocycles. The van der Waals surface area contributed by atoms with E-state index in [4.69, 9.17) is 4.74 Å². The highest BCUT2D eigenvalue weighted by atomic mass is 32.2. The number of thioether (sulfide) groups is 1. The first-order valence-corrected chi connectivity index (χ1v) is 8.94.